The van der Waals surface area contributed by atoms with E-state index in [4.69, 9.17) is 5.73 Å². The molecule has 0 heterocycles. The van der Waals surface area contributed by atoms with E-state index in [0.29, 0.717) is 16.8 Å². The monoisotopic (exact) mass is 451 g/mol. The summed E-state index contributed by atoms with van der Waals surface area (Å²) in [7, 11) is -9.50. The zero-order valence-corrected chi connectivity index (χ0v) is 17.4. The molecule has 0 aromatic heterocycles. The number of rotatable bonds is 4. The average molecular weight is 451 g/mol. The van der Waals surface area contributed by atoms with Crippen LogP contribution in [0.4, 0.5) is 17.1 Å². The van der Waals surface area contributed by atoms with E-state index in [-0.39, 0.29) is 16.5 Å². The lowest BCUT2D eigenvalue weighted by atomic mass is 10.1. The van der Waals surface area contributed by atoms with Gasteiger partial charge in [-0.25, -0.2) is 0 Å². The van der Waals surface area contributed by atoms with Gasteiger partial charge in [-0.15, -0.1) is 10.2 Å². The number of hydrogen-bond acceptors (Lipinski definition) is 8. The zero-order valence-electron chi connectivity index (χ0n) is 15.7. The molecule has 0 saturated heterocycles. The third-order valence-corrected chi connectivity index (χ3v) is 6.21. The van der Waals surface area contributed by atoms with Crippen molar-refractivity contribution in [1.82, 2.24) is 0 Å². The molecule has 0 saturated carbocycles. The molecule has 0 spiro atoms. The fourth-order valence-electron chi connectivity index (χ4n) is 2.83. The number of fused-ring (bicyclic) bond motifs is 1. The summed E-state index contributed by atoms with van der Waals surface area (Å²) in [5.74, 6) is -0.610. The number of nitrogens with zero attached hydrogens (tertiary/aromatic N) is 2. The molecule has 0 unspecified atom stereocenters. The van der Waals surface area contributed by atoms with Crippen LogP contribution in [0.25, 0.3) is 10.8 Å². The highest BCUT2D eigenvalue weighted by Gasteiger charge is 2.23. The van der Waals surface area contributed by atoms with Crippen LogP contribution in [-0.4, -0.2) is 31.0 Å². The van der Waals surface area contributed by atoms with Gasteiger partial charge in [0.15, 0.2) is 5.75 Å². The number of aryl methyl sites for hydroxylation is 2. The van der Waals surface area contributed by atoms with Gasteiger partial charge in [-0.1, -0.05) is 0 Å². The molecule has 0 radical (unpaired) electrons. The summed E-state index contributed by atoms with van der Waals surface area (Å²) >= 11 is 0. The average Bonchev–Trinajstić information content (AvgIpc) is 2.61. The van der Waals surface area contributed by atoms with E-state index in [9.17, 15) is 31.0 Å². The van der Waals surface area contributed by atoms with Crippen LogP contribution < -0.4 is 5.73 Å². The molecule has 0 aliphatic heterocycles. The highest BCUT2D eigenvalue weighted by molar-refractivity contribution is 7.86. The Morgan fingerprint density at radius 1 is 0.833 bits per heavy atom. The predicted molar refractivity (Wildman–Crippen MR) is 110 cm³/mol. The van der Waals surface area contributed by atoms with Crippen molar-refractivity contribution in [2.75, 3.05) is 5.73 Å². The molecule has 158 valence electrons. The van der Waals surface area contributed by atoms with Crippen molar-refractivity contribution in [2.45, 2.75) is 23.6 Å². The first-order valence-electron chi connectivity index (χ1n) is 8.32. The number of azo groups is 1. The molecule has 3 aromatic carbocycles. The van der Waals surface area contributed by atoms with E-state index in [2.05, 4.69) is 10.2 Å². The summed E-state index contributed by atoms with van der Waals surface area (Å²) in [6.07, 6.45) is 0. The van der Waals surface area contributed by atoms with Crippen molar-refractivity contribution in [2.24, 2.45) is 10.2 Å². The highest BCUT2D eigenvalue weighted by atomic mass is 32.2. The van der Waals surface area contributed by atoms with Crippen LogP contribution in [0.5, 0.6) is 5.75 Å². The van der Waals surface area contributed by atoms with Gasteiger partial charge in [-0.3, -0.25) is 9.11 Å². The highest BCUT2D eigenvalue weighted by Crippen LogP contribution is 2.42. The van der Waals surface area contributed by atoms with Gasteiger partial charge >= 0.3 is 0 Å². The minimum Gasteiger partial charge on any atom is -0.505 e. The Hall–Kier alpha value is -3.06. The lowest BCUT2D eigenvalue weighted by Gasteiger charge is -2.10. The van der Waals surface area contributed by atoms with E-state index in [1.165, 1.54) is 30.3 Å². The Balaban J connectivity index is 2.31. The predicted octanol–water partition coefficient (Wildman–Crippen LogP) is 3.65. The lowest BCUT2D eigenvalue weighted by molar-refractivity contribution is 0.472. The van der Waals surface area contributed by atoms with Crippen LogP contribution in [-0.2, 0) is 20.2 Å². The van der Waals surface area contributed by atoms with E-state index in [1.54, 1.807) is 13.8 Å². The van der Waals surface area contributed by atoms with Crippen molar-refractivity contribution in [3.05, 3.63) is 47.5 Å². The Morgan fingerprint density at radius 3 is 2.03 bits per heavy atom. The molecule has 0 atom stereocenters. The number of nitrogens with two attached hydrogens (primary N) is 1. The largest absolute Gasteiger partial charge is 0.505 e. The van der Waals surface area contributed by atoms with Gasteiger partial charge in [0.2, 0.25) is 0 Å². The summed E-state index contributed by atoms with van der Waals surface area (Å²) in [5.41, 5.74) is 6.28. The van der Waals surface area contributed by atoms with Crippen LogP contribution in [0.15, 0.2) is 56.4 Å². The van der Waals surface area contributed by atoms with E-state index in [1.807, 2.05) is 0 Å². The molecule has 30 heavy (non-hydrogen) atoms. The number of phenols is 1. The van der Waals surface area contributed by atoms with Gasteiger partial charge < -0.3 is 10.8 Å². The van der Waals surface area contributed by atoms with Gasteiger partial charge in [-0.2, -0.15) is 16.8 Å². The molecule has 12 heteroatoms. The first-order chi connectivity index (χ1) is 13.8. The van der Waals surface area contributed by atoms with Gasteiger partial charge in [0.1, 0.15) is 21.2 Å². The van der Waals surface area contributed by atoms with Crippen LogP contribution >= 0.6 is 0 Å². The molecule has 0 aliphatic rings. The van der Waals surface area contributed by atoms with Crippen molar-refractivity contribution < 1.29 is 31.0 Å². The zero-order chi connectivity index (χ0) is 22.4. The molecular formula is C18H17N3O7S2. The van der Waals surface area contributed by atoms with Crippen LogP contribution in [0, 0.1) is 13.8 Å². The van der Waals surface area contributed by atoms with Gasteiger partial charge in [0.05, 0.1) is 0 Å². The molecule has 0 fully saturated rings. The molecule has 10 nitrogen and oxygen atoms in total. The SMILES string of the molecule is Cc1cc(N=Nc2c(S(=O)(=O)O)cc3cc(N)ccc3c2O)c(S(=O)(=O)O)cc1C. The maximum absolute atomic E-state index is 11.8. The van der Waals surface area contributed by atoms with E-state index < -0.39 is 41.5 Å². The number of benzene rings is 3. The second-order valence-corrected chi connectivity index (χ2v) is 9.39. The van der Waals surface area contributed by atoms with E-state index in [0.717, 1.165) is 6.07 Å². The molecule has 3 rings (SSSR count). The quantitative estimate of drug-likeness (QED) is 0.263. The van der Waals surface area contributed by atoms with Crippen LogP contribution in [0.1, 0.15) is 11.1 Å². The first-order valence-corrected chi connectivity index (χ1v) is 11.2. The van der Waals surface area contributed by atoms with E-state index >= 15 is 0 Å². The normalized spacial score (nSPS) is 12.7. The summed E-state index contributed by atoms with van der Waals surface area (Å²) in [5, 5.41) is 18.4. The van der Waals surface area contributed by atoms with Gasteiger partial charge in [-0.05, 0) is 66.8 Å². The van der Waals surface area contributed by atoms with Gasteiger partial charge in [0, 0.05) is 11.1 Å². The Bertz CT molecular complexity index is 1430. The molecule has 5 N–H and O–H groups in total. The Kier molecular flexibility index (Phi) is 5.28. The van der Waals surface area contributed by atoms with Crippen molar-refractivity contribution in [3.63, 3.8) is 0 Å². The summed E-state index contributed by atoms with van der Waals surface area (Å²) < 4.78 is 66.1. The molecule has 0 bridgehead atoms. The summed E-state index contributed by atoms with van der Waals surface area (Å²) in [6, 6.07) is 7.85. The Morgan fingerprint density at radius 2 is 1.43 bits per heavy atom. The second kappa shape index (κ2) is 7.32. The third-order valence-electron chi connectivity index (χ3n) is 4.46. The summed E-state index contributed by atoms with van der Waals surface area (Å²) in [4.78, 5) is -1.30. The number of phenolic OH excluding ortho intramolecular Hbond substituents is 1. The van der Waals surface area contributed by atoms with Gasteiger partial charge in [0.25, 0.3) is 20.2 Å². The smallest absolute Gasteiger partial charge is 0.296 e. The molecular weight excluding hydrogens is 434 g/mol. The van der Waals surface area contributed by atoms with Crippen molar-refractivity contribution in [3.8, 4) is 5.75 Å². The number of nitrogen functional groups attached to an aromatic ring is 1. The number of hydrogen-bond donors (Lipinski definition) is 4. The second-order valence-electron chi connectivity index (χ2n) is 6.61. The first kappa shape index (κ1) is 21.6. The molecule has 0 aliphatic carbocycles. The maximum Gasteiger partial charge on any atom is 0.296 e. The maximum atomic E-state index is 11.8. The number of anilines is 1. The fraction of sp³-hybridized carbons (Fsp3) is 0.111. The van der Waals surface area contributed by atoms with Crippen LogP contribution in [0.2, 0.25) is 0 Å². The topological polar surface area (TPSA) is 180 Å². The minimum absolute atomic E-state index is 0.181. The Labute approximate surface area is 172 Å². The minimum atomic E-state index is -4.84. The molecule has 3 aromatic rings. The lowest BCUT2D eigenvalue weighted by Crippen LogP contribution is -2.00. The van der Waals surface area contributed by atoms with Crippen molar-refractivity contribution in [1.29, 1.82) is 0 Å². The standard InChI is InChI=1S/C18H17N3O7S2/c1-9-5-14(15(6-10(9)2)29(23,24)25)20-21-17-16(30(26,27)28)8-11-7-12(19)3-4-13(11)18(17)22/h3-8,22H,19H2,1-2H3,(H,23,24,25)(H,26,27,28). The van der Waals surface area contributed by atoms with Crippen molar-refractivity contribution >= 4 is 48.1 Å². The van der Waals surface area contributed by atoms with Crippen LogP contribution in [0.3, 0.4) is 0 Å². The molecule has 0 amide bonds. The number of aromatic hydroxyl groups is 1. The summed E-state index contributed by atoms with van der Waals surface area (Å²) in [6.45, 7) is 3.30. The third kappa shape index (κ3) is 4.11. The fourth-order valence-corrected chi connectivity index (χ4v) is 4.17.